The number of hydrogen-bond acceptors (Lipinski definition) is 5. The monoisotopic (exact) mass is 408 g/mol. The highest BCUT2D eigenvalue weighted by Crippen LogP contribution is 2.27. The highest BCUT2D eigenvalue weighted by molar-refractivity contribution is 6.34. The van der Waals surface area contributed by atoms with Crippen LogP contribution < -0.4 is 11.0 Å². The number of carbonyl (C=O) groups is 1. The lowest BCUT2D eigenvalue weighted by Gasteiger charge is -2.26. The number of amides is 1. The van der Waals surface area contributed by atoms with E-state index in [0.717, 1.165) is 30.4 Å². The molecule has 0 saturated heterocycles. The van der Waals surface area contributed by atoms with E-state index in [-0.39, 0.29) is 42.0 Å². The lowest BCUT2D eigenvalue weighted by Crippen LogP contribution is -2.42. The third-order valence-corrected chi connectivity index (χ3v) is 5.42. The molecule has 1 aliphatic carbocycles. The molecule has 1 aliphatic rings. The Morgan fingerprint density at radius 3 is 2.68 bits per heavy atom. The zero-order chi connectivity index (χ0) is 20.1. The summed E-state index contributed by atoms with van der Waals surface area (Å²) in [6.07, 6.45) is 5.45. The lowest BCUT2D eigenvalue weighted by molar-refractivity contribution is 0.0246. The minimum atomic E-state index is -0.884. The molecule has 2 aromatic rings. The molecule has 0 spiro atoms. The van der Waals surface area contributed by atoms with Gasteiger partial charge in [0, 0.05) is 12.1 Å². The average Bonchev–Trinajstić information content (AvgIpc) is 2.89. The van der Waals surface area contributed by atoms with Crippen molar-refractivity contribution < 1.29 is 15.0 Å². The molecule has 1 fully saturated rings. The molecule has 0 aliphatic heterocycles. The first-order chi connectivity index (χ1) is 13.4. The van der Waals surface area contributed by atoms with Gasteiger partial charge in [0.05, 0.1) is 29.3 Å². The molecule has 1 saturated carbocycles. The largest absolute Gasteiger partial charge is 0.394 e. The van der Waals surface area contributed by atoms with E-state index < -0.39 is 11.3 Å². The topological polar surface area (TPSA) is 120 Å². The number of H-pyrrole nitrogens is 1. The molecular weight excluding hydrogens is 384 g/mol. The number of rotatable bonds is 6. The van der Waals surface area contributed by atoms with Gasteiger partial charge in [-0.15, -0.1) is 5.10 Å². The van der Waals surface area contributed by atoms with Gasteiger partial charge in [-0.1, -0.05) is 37.3 Å². The predicted molar refractivity (Wildman–Crippen MR) is 105 cm³/mol. The van der Waals surface area contributed by atoms with E-state index in [0.29, 0.717) is 18.4 Å². The third kappa shape index (κ3) is 4.81. The van der Waals surface area contributed by atoms with Crippen molar-refractivity contribution in [3.63, 3.8) is 0 Å². The normalized spacial score (nSPS) is 16.5. The summed E-state index contributed by atoms with van der Waals surface area (Å²) >= 11 is 6.19. The lowest BCUT2D eigenvalue weighted by atomic mass is 9.94. The Kier molecular flexibility index (Phi) is 6.53. The van der Waals surface area contributed by atoms with Gasteiger partial charge < -0.3 is 15.5 Å². The number of aromatic nitrogens is 3. The Labute approximate surface area is 167 Å². The fourth-order valence-electron chi connectivity index (χ4n) is 3.48. The summed E-state index contributed by atoms with van der Waals surface area (Å²) in [5, 5.41) is 26.9. The molecule has 9 heteroatoms. The molecule has 0 radical (unpaired) electrons. The second-order valence-corrected chi connectivity index (χ2v) is 7.65. The quantitative estimate of drug-likeness (QED) is 0.542. The molecule has 1 aromatic heterocycles. The molecule has 1 heterocycles. The molecule has 28 heavy (non-hydrogen) atoms. The summed E-state index contributed by atoms with van der Waals surface area (Å²) in [6.45, 7) is 0.0462. The van der Waals surface area contributed by atoms with Crippen LogP contribution in [0.5, 0.6) is 0 Å². The van der Waals surface area contributed by atoms with Crippen LogP contribution >= 0.6 is 11.6 Å². The van der Waals surface area contributed by atoms with Crippen molar-refractivity contribution in [3.8, 4) is 11.4 Å². The van der Waals surface area contributed by atoms with Crippen molar-refractivity contribution in [2.24, 2.45) is 0 Å². The second kappa shape index (κ2) is 8.89. The summed E-state index contributed by atoms with van der Waals surface area (Å²) in [5.74, 6) is -0.103. The second-order valence-electron chi connectivity index (χ2n) is 7.24. The first-order valence-corrected chi connectivity index (χ1v) is 9.88. The van der Waals surface area contributed by atoms with Gasteiger partial charge in [-0.2, -0.15) is 0 Å². The molecule has 3 rings (SSSR count). The number of aliphatic hydroxyl groups excluding tert-OH is 1. The molecule has 0 atom stereocenters. The minimum absolute atomic E-state index is 0.0782. The standard InChI is InChI=1S/C19H25ClN4O4/c20-15-6-5-13(16-22-18(27)24(23-16)9-10-25)11-14(15)17(26)21-12-19(28)7-3-1-2-4-8-19/h5-6,11,25,28H,1-4,7-10,12H2,(H,21,26)(H,22,23,27). The van der Waals surface area contributed by atoms with Crippen LogP contribution in [0.25, 0.3) is 11.4 Å². The van der Waals surface area contributed by atoms with Crippen molar-refractivity contribution in [3.05, 3.63) is 39.3 Å². The smallest absolute Gasteiger partial charge is 0.343 e. The Bertz CT molecular complexity index is 884. The fourth-order valence-corrected chi connectivity index (χ4v) is 3.69. The summed E-state index contributed by atoms with van der Waals surface area (Å²) in [5.41, 5.74) is -0.559. The molecular formula is C19H25ClN4O4. The molecule has 0 bridgehead atoms. The van der Waals surface area contributed by atoms with E-state index in [1.165, 1.54) is 0 Å². The van der Waals surface area contributed by atoms with E-state index in [1.807, 2.05) is 0 Å². The molecule has 4 N–H and O–H groups in total. The van der Waals surface area contributed by atoms with E-state index in [2.05, 4.69) is 15.4 Å². The summed E-state index contributed by atoms with van der Waals surface area (Å²) in [4.78, 5) is 27.1. The van der Waals surface area contributed by atoms with E-state index in [1.54, 1.807) is 18.2 Å². The van der Waals surface area contributed by atoms with Crippen LogP contribution in [0.2, 0.25) is 5.02 Å². The SMILES string of the molecule is O=C(NCC1(O)CCCCCC1)c1cc(-c2nn(CCO)c(=O)[nH]2)ccc1Cl. The number of carbonyl (C=O) groups excluding carboxylic acids is 1. The molecule has 0 unspecified atom stereocenters. The number of benzene rings is 1. The van der Waals surface area contributed by atoms with Crippen LogP contribution in [0.4, 0.5) is 0 Å². The Morgan fingerprint density at radius 2 is 2.00 bits per heavy atom. The van der Waals surface area contributed by atoms with Crippen molar-refractivity contribution in [2.45, 2.75) is 50.7 Å². The van der Waals surface area contributed by atoms with Gasteiger partial charge in [0.2, 0.25) is 0 Å². The maximum atomic E-state index is 12.7. The average molecular weight is 409 g/mol. The molecule has 8 nitrogen and oxygen atoms in total. The first-order valence-electron chi connectivity index (χ1n) is 9.50. The van der Waals surface area contributed by atoms with Crippen LogP contribution in [0.15, 0.2) is 23.0 Å². The zero-order valence-corrected chi connectivity index (χ0v) is 16.3. The number of aromatic amines is 1. The van der Waals surface area contributed by atoms with E-state index >= 15 is 0 Å². The van der Waals surface area contributed by atoms with Gasteiger partial charge in [-0.25, -0.2) is 9.48 Å². The maximum Gasteiger partial charge on any atom is 0.343 e. The Morgan fingerprint density at radius 1 is 1.29 bits per heavy atom. The number of halogens is 1. The predicted octanol–water partition coefficient (Wildman–Crippen LogP) is 1.70. The molecule has 152 valence electrons. The highest BCUT2D eigenvalue weighted by atomic mass is 35.5. The summed E-state index contributed by atoms with van der Waals surface area (Å²) < 4.78 is 1.12. The van der Waals surface area contributed by atoms with Crippen LogP contribution in [-0.2, 0) is 6.54 Å². The number of nitrogens with zero attached hydrogens (tertiary/aromatic N) is 2. The number of hydrogen-bond donors (Lipinski definition) is 4. The minimum Gasteiger partial charge on any atom is -0.394 e. The van der Waals surface area contributed by atoms with Crippen LogP contribution in [0.1, 0.15) is 48.9 Å². The Hall–Kier alpha value is -2.16. The highest BCUT2D eigenvalue weighted by Gasteiger charge is 2.28. The van der Waals surface area contributed by atoms with E-state index in [4.69, 9.17) is 16.7 Å². The number of nitrogens with one attached hydrogen (secondary N) is 2. The van der Waals surface area contributed by atoms with Crippen LogP contribution in [0.3, 0.4) is 0 Å². The van der Waals surface area contributed by atoms with Crippen molar-refractivity contribution in [1.29, 1.82) is 0 Å². The summed E-state index contributed by atoms with van der Waals surface area (Å²) in [6, 6.07) is 4.77. The maximum absolute atomic E-state index is 12.7. The summed E-state index contributed by atoms with van der Waals surface area (Å²) in [7, 11) is 0. The van der Waals surface area contributed by atoms with Gasteiger partial charge in [-0.05, 0) is 31.0 Å². The van der Waals surface area contributed by atoms with Gasteiger partial charge in [0.1, 0.15) is 0 Å². The van der Waals surface area contributed by atoms with Gasteiger partial charge in [-0.3, -0.25) is 9.78 Å². The third-order valence-electron chi connectivity index (χ3n) is 5.09. The van der Waals surface area contributed by atoms with E-state index in [9.17, 15) is 14.7 Å². The van der Waals surface area contributed by atoms with Gasteiger partial charge >= 0.3 is 5.69 Å². The fraction of sp³-hybridized carbons (Fsp3) is 0.526. The molecule has 1 aromatic carbocycles. The van der Waals surface area contributed by atoms with Crippen LogP contribution in [0, 0.1) is 0 Å². The zero-order valence-electron chi connectivity index (χ0n) is 15.6. The van der Waals surface area contributed by atoms with Gasteiger partial charge in [0.25, 0.3) is 5.91 Å². The first kappa shape index (κ1) is 20.6. The number of aliphatic hydroxyl groups is 2. The van der Waals surface area contributed by atoms with Crippen molar-refractivity contribution >= 4 is 17.5 Å². The Balaban J connectivity index is 1.76. The van der Waals surface area contributed by atoms with Gasteiger partial charge in [0.15, 0.2) is 5.82 Å². The van der Waals surface area contributed by atoms with Crippen molar-refractivity contribution in [2.75, 3.05) is 13.2 Å². The van der Waals surface area contributed by atoms with Crippen LogP contribution in [-0.4, -0.2) is 49.6 Å². The van der Waals surface area contributed by atoms with Crippen molar-refractivity contribution in [1.82, 2.24) is 20.1 Å². The molecule has 1 amide bonds.